The van der Waals surface area contributed by atoms with Crippen molar-refractivity contribution in [3.05, 3.63) is 93.1 Å². The predicted octanol–water partition coefficient (Wildman–Crippen LogP) is 8.05. The summed E-state index contributed by atoms with van der Waals surface area (Å²) in [6.07, 6.45) is 0. The molecule has 0 saturated heterocycles. The Morgan fingerprint density at radius 3 is 1.28 bits per heavy atom. The van der Waals surface area contributed by atoms with Crippen molar-refractivity contribution in [2.45, 2.75) is 17.8 Å². The van der Waals surface area contributed by atoms with Crippen molar-refractivity contribution >= 4 is 11.1 Å². The quantitative estimate of drug-likeness (QED) is 0.165. The van der Waals surface area contributed by atoms with E-state index in [9.17, 15) is 52.7 Å². The molecule has 16 heteroatoms. The van der Waals surface area contributed by atoms with Gasteiger partial charge in [-0.05, 0) is 24.3 Å². The zero-order chi connectivity index (χ0) is 32.4. The van der Waals surface area contributed by atoms with Crippen LogP contribution < -0.4 is 9.47 Å². The van der Waals surface area contributed by atoms with Crippen molar-refractivity contribution < 1.29 is 70.9 Å². The standard InChI is InChI=1S/C27H10F14O2/c1-42-10-6-3-9(4-7-10)5-8-11-16(28)18(30)12(19(31)17(11)29)14-15(26(38,39)27(40,41)25(14,36)37)13-20(32)22(34)24(43-2)23(35)21(13)33/h3-4,6-7H,1-2H3. The van der Waals surface area contributed by atoms with E-state index in [0.29, 0.717) is 7.11 Å². The number of alkyl halides is 6. The Labute approximate surface area is 231 Å². The van der Waals surface area contributed by atoms with Crippen LogP contribution in [0.15, 0.2) is 24.3 Å². The van der Waals surface area contributed by atoms with Crippen LogP contribution in [0, 0.1) is 58.4 Å². The molecule has 2 nitrogen and oxygen atoms in total. The molecule has 3 aromatic carbocycles. The monoisotopic (exact) mass is 632 g/mol. The summed E-state index contributed by atoms with van der Waals surface area (Å²) in [5, 5.41) is 0. The van der Waals surface area contributed by atoms with Crippen molar-refractivity contribution in [3.63, 3.8) is 0 Å². The summed E-state index contributed by atoms with van der Waals surface area (Å²) < 4.78 is 215. The van der Waals surface area contributed by atoms with Crippen LogP contribution in [-0.2, 0) is 0 Å². The molecule has 0 unspecified atom stereocenters. The zero-order valence-electron chi connectivity index (χ0n) is 20.9. The van der Waals surface area contributed by atoms with Gasteiger partial charge in [-0.2, -0.15) is 35.1 Å². The number of hydrogen-bond acceptors (Lipinski definition) is 2. The molecule has 1 aliphatic rings. The molecule has 0 atom stereocenters. The third-order valence-electron chi connectivity index (χ3n) is 6.28. The minimum absolute atomic E-state index is 0.0643. The molecular formula is C27H10F14O2. The fourth-order valence-corrected chi connectivity index (χ4v) is 4.17. The number of hydrogen-bond donors (Lipinski definition) is 0. The molecule has 3 aromatic rings. The molecule has 0 amide bonds. The lowest BCUT2D eigenvalue weighted by atomic mass is 9.92. The molecular weight excluding hydrogens is 622 g/mol. The first-order valence-electron chi connectivity index (χ1n) is 11.2. The van der Waals surface area contributed by atoms with Crippen molar-refractivity contribution in [2.75, 3.05) is 14.2 Å². The highest BCUT2D eigenvalue weighted by atomic mass is 19.3. The van der Waals surface area contributed by atoms with Crippen molar-refractivity contribution in [2.24, 2.45) is 0 Å². The van der Waals surface area contributed by atoms with E-state index >= 15 is 8.78 Å². The number of rotatable bonds is 4. The van der Waals surface area contributed by atoms with Crippen LogP contribution in [0.1, 0.15) is 22.3 Å². The van der Waals surface area contributed by atoms with E-state index in [2.05, 4.69) is 4.74 Å². The molecule has 0 spiro atoms. The van der Waals surface area contributed by atoms with Crippen LogP contribution in [0.3, 0.4) is 0 Å². The molecule has 228 valence electrons. The maximum Gasteiger partial charge on any atom is 0.380 e. The first-order valence-corrected chi connectivity index (χ1v) is 11.2. The van der Waals surface area contributed by atoms with Gasteiger partial charge in [-0.3, -0.25) is 0 Å². The molecule has 0 aromatic heterocycles. The maximum atomic E-state index is 15.1. The molecule has 0 aliphatic heterocycles. The van der Waals surface area contributed by atoms with Gasteiger partial charge in [-0.1, -0.05) is 11.8 Å². The molecule has 0 saturated carbocycles. The van der Waals surface area contributed by atoms with E-state index < -0.39 is 97.9 Å². The lowest BCUT2D eigenvalue weighted by Crippen LogP contribution is -2.49. The van der Waals surface area contributed by atoms with Gasteiger partial charge >= 0.3 is 17.8 Å². The van der Waals surface area contributed by atoms with Gasteiger partial charge in [-0.25, -0.2) is 26.3 Å². The molecule has 0 heterocycles. The molecule has 1 aliphatic carbocycles. The van der Waals surface area contributed by atoms with Crippen LogP contribution in [-0.4, -0.2) is 32.0 Å². The third kappa shape index (κ3) is 4.35. The normalized spacial score (nSPS) is 16.7. The van der Waals surface area contributed by atoms with Gasteiger partial charge < -0.3 is 9.47 Å². The lowest BCUT2D eigenvalue weighted by Gasteiger charge is -2.26. The van der Waals surface area contributed by atoms with Gasteiger partial charge in [0, 0.05) is 5.56 Å². The minimum atomic E-state index is -6.82. The second kappa shape index (κ2) is 10.4. The van der Waals surface area contributed by atoms with E-state index in [4.69, 9.17) is 4.74 Å². The van der Waals surface area contributed by atoms with Crippen molar-refractivity contribution in [3.8, 4) is 23.3 Å². The third-order valence-corrected chi connectivity index (χ3v) is 6.28. The van der Waals surface area contributed by atoms with E-state index in [-0.39, 0.29) is 11.3 Å². The lowest BCUT2D eigenvalue weighted by molar-refractivity contribution is -0.254. The largest absolute Gasteiger partial charge is 0.497 e. The number of ether oxygens (including phenoxy) is 2. The maximum absolute atomic E-state index is 15.1. The molecule has 4 rings (SSSR count). The average Bonchev–Trinajstić information content (AvgIpc) is 3.06. The van der Waals surface area contributed by atoms with Crippen LogP contribution in [0.4, 0.5) is 61.5 Å². The summed E-state index contributed by atoms with van der Waals surface area (Å²) >= 11 is 0. The Morgan fingerprint density at radius 2 is 0.907 bits per heavy atom. The highest BCUT2D eigenvalue weighted by Gasteiger charge is 2.81. The Bertz CT molecular complexity index is 1690. The number of benzene rings is 3. The summed E-state index contributed by atoms with van der Waals surface area (Å²) in [5.41, 5.74) is -14.6. The summed E-state index contributed by atoms with van der Waals surface area (Å²) in [5.74, 6) is -40.9. The van der Waals surface area contributed by atoms with E-state index in [1.54, 1.807) is 5.92 Å². The molecule has 43 heavy (non-hydrogen) atoms. The van der Waals surface area contributed by atoms with Gasteiger partial charge in [0.15, 0.2) is 40.7 Å². The Morgan fingerprint density at radius 1 is 0.512 bits per heavy atom. The van der Waals surface area contributed by atoms with Crippen LogP contribution in [0.2, 0.25) is 0 Å². The van der Waals surface area contributed by atoms with Crippen molar-refractivity contribution in [1.82, 2.24) is 0 Å². The molecule has 0 fully saturated rings. The SMILES string of the molecule is COc1ccc(C#Cc2c(F)c(F)c(C3=C(c4c(F)c(F)c(OC)c(F)c4F)C(F)(F)C(F)(F)C3(F)F)c(F)c2F)cc1. The minimum Gasteiger partial charge on any atom is -0.497 e. The second-order valence-electron chi connectivity index (χ2n) is 8.62. The van der Waals surface area contributed by atoms with Gasteiger partial charge in [0.1, 0.15) is 11.3 Å². The smallest absolute Gasteiger partial charge is 0.380 e. The van der Waals surface area contributed by atoms with Gasteiger partial charge in [0.25, 0.3) is 0 Å². The first kappa shape index (κ1) is 31.5. The second-order valence-corrected chi connectivity index (χ2v) is 8.62. The summed E-state index contributed by atoms with van der Waals surface area (Å²) in [6, 6.07) is 4.97. The Balaban J connectivity index is 2.12. The van der Waals surface area contributed by atoms with Crippen molar-refractivity contribution in [1.29, 1.82) is 0 Å². The topological polar surface area (TPSA) is 18.5 Å². The average molecular weight is 632 g/mol. The van der Waals surface area contributed by atoms with Crippen LogP contribution in [0.25, 0.3) is 11.1 Å². The number of halogens is 14. The van der Waals surface area contributed by atoms with E-state index in [0.717, 1.165) is 0 Å². The summed E-state index contributed by atoms with van der Waals surface area (Å²) in [6.45, 7) is 0. The summed E-state index contributed by atoms with van der Waals surface area (Å²) in [4.78, 5) is 0. The first-order chi connectivity index (χ1) is 19.9. The van der Waals surface area contributed by atoms with Gasteiger partial charge in [0.05, 0.1) is 36.5 Å². The predicted molar refractivity (Wildman–Crippen MR) is 120 cm³/mol. The Hall–Kier alpha value is -4.42. The number of allylic oxidation sites excluding steroid dienone is 2. The highest BCUT2D eigenvalue weighted by molar-refractivity contribution is 6.01. The number of methoxy groups -OCH3 is 2. The zero-order valence-corrected chi connectivity index (χ0v) is 20.9. The molecule has 0 radical (unpaired) electrons. The molecule has 0 N–H and O–H groups in total. The Kier molecular flexibility index (Phi) is 7.61. The fourth-order valence-electron chi connectivity index (χ4n) is 4.17. The van der Waals surface area contributed by atoms with Gasteiger partial charge in [0.2, 0.25) is 11.6 Å². The fraction of sp³-hybridized carbons (Fsp3) is 0.185. The highest BCUT2D eigenvalue weighted by Crippen LogP contribution is 2.66. The van der Waals surface area contributed by atoms with E-state index in [1.165, 1.54) is 31.4 Å². The van der Waals surface area contributed by atoms with Gasteiger partial charge in [-0.15, -0.1) is 0 Å². The van der Waals surface area contributed by atoms with Crippen LogP contribution in [0.5, 0.6) is 11.5 Å². The van der Waals surface area contributed by atoms with E-state index in [1.807, 2.05) is 5.92 Å². The summed E-state index contributed by atoms with van der Waals surface area (Å²) in [7, 11) is 1.69. The molecule has 0 bridgehead atoms. The van der Waals surface area contributed by atoms with Crippen LogP contribution >= 0.6 is 0 Å².